The molecular weight excluding hydrogens is 195 g/mol. The van der Waals surface area contributed by atoms with Gasteiger partial charge >= 0.3 is 0 Å². The molecule has 0 aliphatic carbocycles. The number of carbonyl (C=O) groups excluding carboxylic acids is 1. The Hall–Kier alpha value is -1.68. The molecule has 0 aromatic heterocycles. The van der Waals surface area contributed by atoms with Crippen LogP contribution in [0.15, 0.2) is 30.9 Å². The summed E-state index contributed by atoms with van der Waals surface area (Å²) < 4.78 is 13.0. The summed E-state index contributed by atoms with van der Waals surface area (Å²) in [5.41, 5.74) is 6.91. The number of nitrogens with two attached hydrogens (primary N) is 1. The Morgan fingerprint density at radius 2 is 2.33 bits per heavy atom. The summed E-state index contributed by atoms with van der Waals surface area (Å²) >= 11 is 0. The van der Waals surface area contributed by atoms with Gasteiger partial charge in [0, 0.05) is 17.8 Å². The van der Waals surface area contributed by atoms with E-state index in [-0.39, 0.29) is 11.7 Å². The molecule has 1 aromatic carbocycles. The smallest absolute Gasteiger partial charge is 0.248 e. The Bertz CT molecular complexity index is 431. The highest BCUT2D eigenvalue weighted by atomic mass is 19.1. The number of anilines is 1. The largest absolute Gasteiger partial charge is 0.316 e. The Balaban J connectivity index is 2.50. The summed E-state index contributed by atoms with van der Waals surface area (Å²) in [6.07, 6.45) is 1.61. The second-order valence-electron chi connectivity index (χ2n) is 3.42. The van der Waals surface area contributed by atoms with Gasteiger partial charge in [0.2, 0.25) is 5.91 Å². The molecule has 1 aromatic rings. The number of benzene rings is 1. The van der Waals surface area contributed by atoms with Crippen molar-refractivity contribution in [2.75, 3.05) is 11.4 Å². The average molecular weight is 206 g/mol. The van der Waals surface area contributed by atoms with Crippen LogP contribution in [0.4, 0.5) is 10.1 Å². The van der Waals surface area contributed by atoms with Crippen molar-refractivity contribution in [3.8, 4) is 0 Å². The van der Waals surface area contributed by atoms with Gasteiger partial charge in [0.05, 0.1) is 0 Å². The van der Waals surface area contributed by atoms with E-state index in [1.54, 1.807) is 12.1 Å². The van der Waals surface area contributed by atoms with Crippen molar-refractivity contribution in [1.82, 2.24) is 0 Å². The third-order valence-corrected chi connectivity index (χ3v) is 2.46. The fourth-order valence-electron chi connectivity index (χ4n) is 1.76. The number of halogens is 1. The van der Waals surface area contributed by atoms with Crippen LogP contribution in [0.3, 0.4) is 0 Å². The molecule has 3 nitrogen and oxygen atoms in total. The van der Waals surface area contributed by atoms with Crippen molar-refractivity contribution in [1.29, 1.82) is 0 Å². The first-order valence-corrected chi connectivity index (χ1v) is 4.62. The van der Waals surface area contributed by atoms with Gasteiger partial charge in [-0.05, 0) is 18.2 Å². The highest BCUT2D eigenvalue weighted by Gasteiger charge is 2.34. The zero-order valence-corrected chi connectivity index (χ0v) is 8.11. The summed E-state index contributed by atoms with van der Waals surface area (Å²) in [5, 5.41) is 0. The minimum absolute atomic E-state index is 0.212. The first-order valence-electron chi connectivity index (χ1n) is 4.62. The first-order chi connectivity index (χ1) is 7.15. The summed E-state index contributed by atoms with van der Waals surface area (Å²) in [6.45, 7) is 3.96. The molecule has 78 valence electrons. The quantitative estimate of drug-likeness (QED) is 0.742. The standard InChI is InChI=1S/C11H11FN2O/c1-2-5-14-9-4-3-7(12)6-8(9)10(13)11(14)15/h2-4,6,10H,1,5,13H2/t10-/m1/s1. The number of amides is 1. The molecule has 0 radical (unpaired) electrons. The molecule has 0 bridgehead atoms. The van der Waals surface area contributed by atoms with Crippen molar-refractivity contribution in [3.63, 3.8) is 0 Å². The SMILES string of the molecule is C=CCN1C(=O)[C@H](N)c2cc(F)ccc21. The zero-order valence-electron chi connectivity index (χ0n) is 8.11. The first kappa shape index (κ1) is 9.86. The zero-order chi connectivity index (χ0) is 11.0. The van der Waals surface area contributed by atoms with Gasteiger partial charge in [-0.2, -0.15) is 0 Å². The summed E-state index contributed by atoms with van der Waals surface area (Å²) in [7, 11) is 0. The molecule has 0 saturated heterocycles. The van der Waals surface area contributed by atoms with Crippen LogP contribution in [-0.4, -0.2) is 12.5 Å². The summed E-state index contributed by atoms with van der Waals surface area (Å²) in [6, 6.07) is 3.44. The fourth-order valence-corrected chi connectivity index (χ4v) is 1.76. The molecule has 15 heavy (non-hydrogen) atoms. The van der Waals surface area contributed by atoms with Crippen molar-refractivity contribution in [2.45, 2.75) is 6.04 Å². The summed E-state index contributed by atoms with van der Waals surface area (Å²) in [4.78, 5) is 13.2. The lowest BCUT2D eigenvalue weighted by molar-refractivity contribution is -0.119. The Kier molecular flexibility index (Phi) is 2.28. The monoisotopic (exact) mass is 206 g/mol. The number of hydrogen-bond acceptors (Lipinski definition) is 2. The maximum atomic E-state index is 13.0. The molecule has 0 spiro atoms. The molecule has 1 atom stereocenters. The van der Waals surface area contributed by atoms with E-state index in [9.17, 15) is 9.18 Å². The van der Waals surface area contributed by atoms with Crippen molar-refractivity contribution >= 4 is 11.6 Å². The van der Waals surface area contributed by atoms with E-state index in [4.69, 9.17) is 5.73 Å². The predicted octanol–water partition coefficient (Wildman–Crippen LogP) is 1.36. The van der Waals surface area contributed by atoms with E-state index < -0.39 is 6.04 Å². The van der Waals surface area contributed by atoms with Gasteiger partial charge in [-0.1, -0.05) is 6.08 Å². The number of hydrogen-bond donors (Lipinski definition) is 1. The van der Waals surface area contributed by atoms with Crippen LogP contribution in [-0.2, 0) is 4.79 Å². The van der Waals surface area contributed by atoms with Crippen molar-refractivity contribution in [2.24, 2.45) is 5.73 Å². The molecule has 1 heterocycles. The van der Waals surface area contributed by atoms with Gasteiger partial charge in [0.15, 0.2) is 0 Å². The van der Waals surface area contributed by atoms with Crippen LogP contribution in [0.5, 0.6) is 0 Å². The molecule has 1 aliphatic heterocycles. The van der Waals surface area contributed by atoms with Gasteiger partial charge < -0.3 is 10.6 Å². The fraction of sp³-hybridized carbons (Fsp3) is 0.182. The molecule has 1 amide bonds. The normalized spacial score (nSPS) is 19.2. The molecule has 0 unspecified atom stereocenters. The maximum absolute atomic E-state index is 13.0. The number of nitrogens with zero attached hydrogens (tertiary/aromatic N) is 1. The van der Waals surface area contributed by atoms with E-state index in [1.165, 1.54) is 17.0 Å². The van der Waals surface area contributed by atoms with Crippen LogP contribution in [0.1, 0.15) is 11.6 Å². The van der Waals surface area contributed by atoms with Crippen molar-refractivity contribution < 1.29 is 9.18 Å². The van der Waals surface area contributed by atoms with Gasteiger partial charge in [0.1, 0.15) is 11.9 Å². The second kappa shape index (κ2) is 3.47. The van der Waals surface area contributed by atoms with E-state index in [2.05, 4.69) is 6.58 Å². The molecular formula is C11H11FN2O. The van der Waals surface area contributed by atoms with Crippen LogP contribution in [0, 0.1) is 5.82 Å². The van der Waals surface area contributed by atoms with Crippen LogP contribution < -0.4 is 10.6 Å². The lowest BCUT2D eigenvalue weighted by atomic mass is 10.1. The Morgan fingerprint density at radius 3 is 3.00 bits per heavy atom. The molecule has 1 aliphatic rings. The van der Waals surface area contributed by atoms with Gasteiger partial charge in [-0.15, -0.1) is 6.58 Å². The Labute approximate surface area is 87.0 Å². The second-order valence-corrected chi connectivity index (χ2v) is 3.42. The predicted molar refractivity (Wildman–Crippen MR) is 55.9 cm³/mol. The molecule has 4 heteroatoms. The van der Waals surface area contributed by atoms with Crippen LogP contribution in [0.2, 0.25) is 0 Å². The highest BCUT2D eigenvalue weighted by molar-refractivity contribution is 6.04. The topological polar surface area (TPSA) is 46.3 Å². The lowest BCUT2D eigenvalue weighted by Crippen LogP contribution is -2.31. The minimum Gasteiger partial charge on any atom is -0.316 e. The minimum atomic E-state index is -0.754. The maximum Gasteiger partial charge on any atom is 0.248 e. The van der Waals surface area contributed by atoms with E-state index in [1.807, 2.05) is 0 Å². The van der Waals surface area contributed by atoms with Gasteiger partial charge in [-0.25, -0.2) is 4.39 Å². The van der Waals surface area contributed by atoms with E-state index >= 15 is 0 Å². The average Bonchev–Trinajstić information content (AvgIpc) is 2.44. The van der Waals surface area contributed by atoms with E-state index in [0.717, 1.165) is 0 Å². The van der Waals surface area contributed by atoms with Gasteiger partial charge in [-0.3, -0.25) is 4.79 Å². The van der Waals surface area contributed by atoms with Crippen LogP contribution >= 0.6 is 0 Å². The number of fused-ring (bicyclic) bond motifs is 1. The molecule has 0 fully saturated rings. The molecule has 0 saturated carbocycles. The van der Waals surface area contributed by atoms with Crippen LogP contribution in [0.25, 0.3) is 0 Å². The number of rotatable bonds is 2. The summed E-state index contributed by atoms with van der Waals surface area (Å²) in [5.74, 6) is -0.590. The van der Waals surface area contributed by atoms with E-state index in [0.29, 0.717) is 17.8 Å². The van der Waals surface area contributed by atoms with Gasteiger partial charge in [0.25, 0.3) is 0 Å². The van der Waals surface area contributed by atoms with Crippen molar-refractivity contribution in [3.05, 3.63) is 42.2 Å². The lowest BCUT2D eigenvalue weighted by Gasteiger charge is -2.14. The third-order valence-electron chi connectivity index (χ3n) is 2.46. The Morgan fingerprint density at radius 1 is 1.60 bits per heavy atom. The molecule has 2 N–H and O–H groups in total. The molecule has 2 rings (SSSR count). The third kappa shape index (κ3) is 1.43. The number of carbonyl (C=O) groups is 1. The highest BCUT2D eigenvalue weighted by Crippen LogP contribution is 2.34.